The van der Waals surface area contributed by atoms with Gasteiger partial charge in [-0.25, -0.2) is 0 Å². The van der Waals surface area contributed by atoms with E-state index in [0.29, 0.717) is 17.9 Å². The summed E-state index contributed by atoms with van der Waals surface area (Å²) < 4.78 is 5.91. The van der Waals surface area contributed by atoms with Crippen molar-refractivity contribution >= 4 is 11.8 Å². The van der Waals surface area contributed by atoms with Crippen molar-refractivity contribution in [3.8, 4) is 6.07 Å². The van der Waals surface area contributed by atoms with Gasteiger partial charge in [-0.1, -0.05) is 44.2 Å². The highest BCUT2D eigenvalue weighted by Crippen LogP contribution is 2.38. The van der Waals surface area contributed by atoms with Crippen LogP contribution in [0.3, 0.4) is 0 Å². The number of aliphatic hydroxyl groups excluding tert-OH is 3. The number of hydrogen-bond donors (Lipinski definition) is 3. The Morgan fingerprint density at radius 2 is 1.90 bits per heavy atom. The van der Waals surface area contributed by atoms with Crippen LogP contribution in [0, 0.1) is 11.3 Å². The van der Waals surface area contributed by atoms with Crippen LogP contribution in [0.5, 0.6) is 0 Å². The predicted molar refractivity (Wildman–Crippen MR) is 118 cm³/mol. The fourth-order valence-electron chi connectivity index (χ4n) is 3.86. The molecule has 6 heteroatoms. The maximum atomic E-state index is 10.6. The normalized spacial score (nSPS) is 24.1. The van der Waals surface area contributed by atoms with Crippen LogP contribution < -0.4 is 0 Å². The second-order valence-electron chi connectivity index (χ2n) is 8.09. The molecule has 3 N–H and O–H groups in total. The van der Waals surface area contributed by atoms with Crippen LogP contribution in [-0.2, 0) is 11.2 Å². The van der Waals surface area contributed by atoms with Gasteiger partial charge in [0.25, 0.3) is 0 Å². The molecule has 0 aromatic heterocycles. The average molecular weight is 428 g/mol. The summed E-state index contributed by atoms with van der Waals surface area (Å²) in [4.78, 5) is 0.820. The van der Waals surface area contributed by atoms with Crippen LogP contribution >= 0.6 is 11.8 Å². The zero-order chi connectivity index (χ0) is 21.8. The number of ether oxygens (including phenoxy) is 1. The molecule has 1 aliphatic heterocycles. The molecule has 0 saturated carbocycles. The van der Waals surface area contributed by atoms with Gasteiger partial charge in [0.05, 0.1) is 30.4 Å². The molecule has 1 heterocycles. The van der Waals surface area contributed by atoms with Crippen LogP contribution in [0.15, 0.2) is 41.3 Å². The Bertz CT molecular complexity index is 907. The number of nitriles is 1. The zero-order valence-corrected chi connectivity index (χ0v) is 18.4. The van der Waals surface area contributed by atoms with Gasteiger partial charge >= 0.3 is 0 Å². The maximum absolute atomic E-state index is 10.6. The molecule has 160 valence electrons. The third-order valence-corrected chi connectivity index (χ3v) is 6.47. The highest BCUT2D eigenvalue weighted by atomic mass is 32.2. The van der Waals surface area contributed by atoms with Crippen molar-refractivity contribution in [1.82, 2.24) is 0 Å². The number of thioether (sulfide) groups is 1. The lowest BCUT2D eigenvalue weighted by Crippen LogP contribution is -2.44. The molecule has 0 radical (unpaired) electrons. The minimum atomic E-state index is -1.09. The van der Waals surface area contributed by atoms with Gasteiger partial charge in [-0.05, 0) is 46.9 Å². The number of rotatable bonds is 6. The number of nitrogens with zero attached hydrogens (tertiary/aromatic N) is 1. The molecule has 2 aromatic rings. The summed E-state index contributed by atoms with van der Waals surface area (Å²) in [5.74, 6) is 0.456. The van der Waals surface area contributed by atoms with Crippen molar-refractivity contribution < 1.29 is 20.1 Å². The van der Waals surface area contributed by atoms with E-state index < -0.39 is 24.4 Å². The molecule has 1 saturated heterocycles. The van der Waals surface area contributed by atoms with E-state index in [1.165, 1.54) is 17.3 Å². The molecule has 0 aliphatic carbocycles. The predicted octanol–water partition coefficient (Wildman–Crippen LogP) is 3.54. The molecule has 4 atom stereocenters. The Balaban J connectivity index is 1.99. The first-order valence-electron chi connectivity index (χ1n) is 10.2. The van der Waals surface area contributed by atoms with Crippen LogP contribution in [0.4, 0.5) is 0 Å². The molecule has 1 aliphatic rings. The van der Waals surface area contributed by atoms with E-state index in [0.717, 1.165) is 21.6 Å². The highest BCUT2D eigenvalue weighted by molar-refractivity contribution is 7.98. The topological polar surface area (TPSA) is 93.7 Å². The van der Waals surface area contributed by atoms with E-state index >= 15 is 0 Å². The second kappa shape index (κ2) is 9.95. The van der Waals surface area contributed by atoms with Gasteiger partial charge < -0.3 is 20.1 Å². The third-order valence-electron chi connectivity index (χ3n) is 5.67. The molecule has 0 spiro atoms. The Hall–Kier alpha value is -1.88. The average Bonchev–Trinajstić information content (AvgIpc) is 2.75. The van der Waals surface area contributed by atoms with E-state index in [1.807, 2.05) is 18.4 Å². The fourth-order valence-corrected chi connectivity index (χ4v) is 4.51. The minimum absolute atomic E-state index is 0.189. The van der Waals surface area contributed by atoms with Gasteiger partial charge in [-0.15, -0.1) is 11.8 Å². The van der Waals surface area contributed by atoms with Crippen molar-refractivity contribution in [3.05, 3.63) is 64.2 Å². The van der Waals surface area contributed by atoms with Gasteiger partial charge in [0.1, 0.15) is 12.2 Å². The number of hydrogen-bond acceptors (Lipinski definition) is 6. The van der Waals surface area contributed by atoms with Crippen molar-refractivity contribution in [2.75, 3.05) is 12.9 Å². The Morgan fingerprint density at radius 3 is 2.47 bits per heavy atom. The molecule has 5 nitrogen and oxygen atoms in total. The van der Waals surface area contributed by atoms with Gasteiger partial charge in [-0.3, -0.25) is 0 Å². The summed E-state index contributed by atoms with van der Waals surface area (Å²) in [6.07, 6.45) is -0.692. The summed E-state index contributed by atoms with van der Waals surface area (Å²) in [6, 6.07) is 14.4. The van der Waals surface area contributed by atoms with Crippen LogP contribution in [0.2, 0.25) is 0 Å². The summed E-state index contributed by atoms with van der Waals surface area (Å²) in [6.45, 7) is 4.08. The fraction of sp³-hybridized carbons (Fsp3) is 0.458. The van der Waals surface area contributed by atoms with Gasteiger partial charge in [-0.2, -0.15) is 5.26 Å². The molecule has 3 rings (SSSR count). The number of aliphatic hydroxyl groups is 3. The van der Waals surface area contributed by atoms with E-state index in [9.17, 15) is 20.6 Å². The molecule has 30 heavy (non-hydrogen) atoms. The first kappa shape index (κ1) is 22.8. The minimum Gasteiger partial charge on any atom is -0.394 e. The van der Waals surface area contributed by atoms with E-state index in [2.05, 4.69) is 44.2 Å². The Kier molecular flexibility index (Phi) is 7.56. The molecule has 0 amide bonds. The number of benzene rings is 2. The lowest BCUT2D eigenvalue weighted by molar-refractivity contribution is -0.180. The lowest BCUT2D eigenvalue weighted by atomic mass is 9.90. The van der Waals surface area contributed by atoms with Crippen molar-refractivity contribution in [2.24, 2.45) is 0 Å². The van der Waals surface area contributed by atoms with Crippen LogP contribution in [0.1, 0.15) is 60.1 Å². The first-order valence-corrected chi connectivity index (χ1v) is 11.4. The van der Waals surface area contributed by atoms with Gasteiger partial charge in [0.15, 0.2) is 0 Å². The maximum Gasteiger partial charge on any atom is 0.112 e. The lowest BCUT2D eigenvalue weighted by Gasteiger charge is -2.37. The summed E-state index contributed by atoms with van der Waals surface area (Å²) in [7, 11) is 0. The Morgan fingerprint density at radius 1 is 1.20 bits per heavy atom. The largest absolute Gasteiger partial charge is 0.394 e. The second-order valence-corrected chi connectivity index (χ2v) is 8.94. The highest BCUT2D eigenvalue weighted by Gasteiger charge is 2.38. The van der Waals surface area contributed by atoms with Gasteiger partial charge in [0, 0.05) is 11.3 Å². The van der Waals surface area contributed by atoms with Crippen LogP contribution in [0.25, 0.3) is 0 Å². The van der Waals surface area contributed by atoms with E-state index in [-0.39, 0.29) is 13.0 Å². The summed E-state index contributed by atoms with van der Waals surface area (Å²) >= 11 is 1.46. The Labute approximate surface area is 182 Å². The SMILES string of the molecule is CSc1cc(C#N)c(Cc2ccc(C(C)C)cc2)cc1[C@@H]1O[C@H](CO)C[C@H](O)[C@H]1O. The molecular weight excluding hydrogens is 398 g/mol. The molecule has 1 fully saturated rings. The van der Waals surface area contributed by atoms with Crippen molar-refractivity contribution in [2.45, 2.75) is 61.9 Å². The summed E-state index contributed by atoms with van der Waals surface area (Å²) in [5, 5.41) is 40.0. The molecule has 2 aromatic carbocycles. The molecule has 0 bridgehead atoms. The van der Waals surface area contributed by atoms with Crippen molar-refractivity contribution in [1.29, 1.82) is 5.26 Å². The zero-order valence-electron chi connectivity index (χ0n) is 17.6. The monoisotopic (exact) mass is 427 g/mol. The molecule has 0 unspecified atom stereocenters. The standard InChI is InChI=1S/C24H29NO4S/c1-14(2)16-6-4-15(5-7-16)8-17-9-20(22(30-3)10-18(17)12-25)24-23(28)21(27)11-19(13-26)29-24/h4-7,9-10,14,19,21,23-24,26-28H,8,11,13H2,1-3H3/t19-,21-,23+,24-/m0/s1. The van der Waals surface area contributed by atoms with Crippen LogP contribution in [-0.4, -0.2) is 46.5 Å². The quantitative estimate of drug-likeness (QED) is 0.611. The first-order chi connectivity index (χ1) is 14.4. The van der Waals surface area contributed by atoms with E-state index in [4.69, 9.17) is 4.74 Å². The smallest absolute Gasteiger partial charge is 0.112 e. The molecular formula is C24H29NO4S. The van der Waals surface area contributed by atoms with Crippen molar-refractivity contribution in [3.63, 3.8) is 0 Å². The summed E-state index contributed by atoms with van der Waals surface area (Å²) in [5.41, 5.74) is 4.53. The third kappa shape index (κ3) is 4.88. The van der Waals surface area contributed by atoms with Gasteiger partial charge in [0.2, 0.25) is 0 Å². The van der Waals surface area contributed by atoms with E-state index in [1.54, 1.807) is 0 Å².